The standard InChI is InChI=1S/C11H15N5O2S/c17-9(7-1-2-7)13-8-3-4-16(5-8)11(18)14-10-15-12-6-19-10/h6-8H,1-5H2,(H,13,17)(H,14,15,18)/t8-/m0/s1. The largest absolute Gasteiger partial charge is 0.351 e. The SMILES string of the molecule is O=C(N[C@H]1CCN(C(=O)Nc2nncs2)C1)C1CC1. The van der Waals surface area contributed by atoms with Gasteiger partial charge in [0.15, 0.2) is 0 Å². The van der Waals surface area contributed by atoms with Gasteiger partial charge in [0.1, 0.15) is 5.51 Å². The van der Waals surface area contributed by atoms with Crippen molar-refractivity contribution < 1.29 is 9.59 Å². The zero-order chi connectivity index (χ0) is 13.2. The van der Waals surface area contributed by atoms with Crippen LogP contribution < -0.4 is 10.6 Å². The van der Waals surface area contributed by atoms with Crippen LogP contribution in [0.4, 0.5) is 9.93 Å². The minimum atomic E-state index is -0.181. The molecule has 102 valence electrons. The number of anilines is 1. The van der Waals surface area contributed by atoms with Crippen LogP contribution in [0.5, 0.6) is 0 Å². The first-order chi connectivity index (χ1) is 9.22. The van der Waals surface area contributed by atoms with Crippen molar-refractivity contribution in [2.45, 2.75) is 25.3 Å². The van der Waals surface area contributed by atoms with Crippen molar-refractivity contribution in [3.05, 3.63) is 5.51 Å². The van der Waals surface area contributed by atoms with Crippen molar-refractivity contribution in [1.29, 1.82) is 0 Å². The van der Waals surface area contributed by atoms with Crippen LogP contribution in [0.25, 0.3) is 0 Å². The molecule has 1 aliphatic carbocycles. The number of carbonyl (C=O) groups is 2. The van der Waals surface area contributed by atoms with E-state index in [1.54, 1.807) is 10.4 Å². The Labute approximate surface area is 114 Å². The van der Waals surface area contributed by atoms with Crippen LogP contribution in [-0.2, 0) is 4.79 Å². The van der Waals surface area contributed by atoms with E-state index in [0.717, 1.165) is 19.3 Å². The fourth-order valence-electron chi connectivity index (χ4n) is 2.13. The minimum Gasteiger partial charge on any atom is -0.351 e. The van der Waals surface area contributed by atoms with Gasteiger partial charge >= 0.3 is 6.03 Å². The number of amides is 3. The predicted molar refractivity (Wildman–Crippen MR) is 69.8 cm³/mol. The van der Waals surface area contributed by atoms with Gasteiger partial charge < -0.3 is 10.2 Å². The third-order valence-electron chi connectivity index (χ3n) is 3.34. The van der Waals surface area contributed by atoms with E-state index in [1.807, 2.05) is 0 Å². The van der Waals surface area contributed by atoms with Crippen molar-refractivity contribution >= 4 is 28.4 Å². The van der Waals surface area contributed by atoms with Crippen LogP contribution >= 0.6 is 11.3 Å². The Morgan fingerprint density at radius 1 is 1.37 bits per heavy atom. The van der Waals surface area contributed by atoms with Crippen LogP contribution in [0, 0.1) is 5.92 Å². The summed E-state index contributed by atoms with van der Waals surface area (Å²) in [6.07, 6.45) is 2.81. The summed E-state index contributed by atoms with van der Waals surface area (Å²) < 4.78 is 0. The Hall–Kier alpha value is -1.70. The smallest absolute Gasteiger partial charge is 0.323 e. The van der Waals surface area contributed by atoms with E-state index in [1.165, 1.54) is 11.3 Å². The molecule has 0 bridgehead atoms. The number of likely N-dealkylation sites (tertiary alicyclic amines) is 1. The van der Waals surface area contributed by atoms with Crippen LogP contribution in [0.3, 0.4) is 0 Å². The third-order valence-corrected chi connectivity index (χ3v) is 3.95. The van der Waals surface area contributed by atoms with Gasteiger partial charge in [0.05, 0.1) is 0 Å². The van der Waals surface area contributed by atoms with E-state index < -0.39 is 0 Å². The molecule has 7 nitrogen and oxygen atoms in total. The van der Waals surface area contributed by atoms with Crippen molar-refractivity contribution in [1.82, 2.24) is 20.4 Å². The molecule has 2 fully saturated rings. The Balaban J connectivity index is 1.47. The van der Waals surface area contributed by atoms with Crippen molar-refractivity contribution in [3.63, 3.8) is 0 Å². The Bertz CT molecular complexity index is 473. The molecule has 1 aromatic rings. The maximum atomic E-state index is 11.9. The molecule has 0 radical (unpaired) electrons. The molecule has 2 heterocycles. The van der Waals surface area contributed by atoms with E-state index in [-0.39, 0.29) is 23.9 Å². The fourth-order valence-corrected chi connectivity index (χ4v) is 2.56. The number of carbonyl (C=O) groups excluding carboxylic acids is 2. The highest BCUT2D eigenvalue weighted by atomic mass is 32.1. The number of nitrogens with zero attached hydrogens (tertiary/aromatic N) is 3. The van der Waals surface area contributed by atoms with Gasteiger partial charge in [-0.1, -0.05) is 11.3 Å². The van der Waals surface area contributed by atoms with Crippen LogP contribution in [-0.4, -0.2) is 46.2 Å². The lowest BCUT2D eigenvalue weighted by molar-refractivity contribution is -0.122. The third kappa shape index (κ3) is 3.01. The molecule has 0 aromatic carbocycles. The van der Waals surface area contributed by atoms with E-state index in [4.69, 9.17) is 0 Å². The average Bonchev–Trinajstić information content (AvgIpc) is 2.93. The molecule has 8 heteroatoms. The first kappa shape index (κ1) is 12.3. The Kier molecular flexibility index (Phi) is 3.33. The number of urea groups is 1. The highest BCUT2D eigenvalue weighted by Crippen LogP contribution is 2.29. The summed E-state index contributed by atoms with van der Waals surface area (Å²) in [6, 6.07) is -0.104. The van der Waals surface area contributed by atoms with Crippen molar-refractivity contribution in [2.75, 3.05) is 18.4 Å². The normalized spacial score (nSPS) is 22.3. The summed E-state index contributed by atoms with van der Waals surface area (Å²) in [5.41, 5.74) is 1.57. The number of hydrogen-bond acceptors (Lipinski definition) is 5. The molecular weight excluding hydrogens is 266 g/mol. The Morgan fingerprint density at radius 2 is 2.21 bits per heavy atom. The molecule has 1 aliphatic heterocycles. The average molecular weight is 281 g/mol. The second kappa shape index (κ2) is 5.12. The first-order valence-corrected chi connectivity index (χ1v) is 7.23. The number of hydrogen-bond donors (Lipinski definition) is 2. The van der Waals surface area contributed by atoms with Gasteiger partial charge in [-0.05, 0) is 19.3 Å². The Morgan fingerprint density at radius 3 is 2.89 bits per heavy atom. The molecule has 19 heavy (non-hydrogen) atoms. The number of aromatic nitrogens is 2. The summed E-state index contributed by atoms with van der Waals surface area (Å²) in [4.78, 5) is 25.3. The molecule has 3 rings (SSSR count). The quantitative estimate of drug-likeness (QED) is 0.852. The second-order valence-corrected chi connectivity index (χ2v) is 5.72. The summed E-state index contributed by atoms with van der Waals surface area (Å²) in [6.45, 7) is 1.21. The molecule has 0 spiro atoms. The lowest BCUT2D eigenvalue weighted by Crippen LogP contribution is -2.40. The van der Waals surface area contributed by atoms with Gasteiger partial charge in [-0.25, -0.2) is 4.79 Å². The van der Waals surface area contributed by atoms with Gasteiger partial charge in [-0.3, -0.25) is 10.1 Å². The monoisotopic (exact) mass is 281 g/mol. The van der Waals surface area contributed by atoms with E-state index in [9.17, 15) is 9.59 Å². The summed E-state index contributed by atoms with van der Waals surface area (Å²) in [5.74, 6) is 0.348. The second-order valence-electron chi connectivity index (χ2n) is 4.89. The van der Waals surface area contributed by atoms with Gasteiger partial charge in [0, 0.05) is 25.0 Å². The first-order valence-electron chi connectivity index (χ1n) is 6.35. The molecule has 1 saturated heterocycles. The molecule has 1 saturated carbocycles. The predicted octanol–water partition coefficient (Wildman–Crippen LogP) is 0.670. The van der Waals surface area contributed by atoms with E-state index in [0.29, 0.717) is 18.2 Å². The summed E-state index contributed by atoms with van der Waals surface area (Å²) in [7, 11) is 0. The van der Waals surface area contributed by atoms with Gasteiger partial charge in [0.25, 0.3) is 0 Å². The van der Waals surface area contributed by atoms with Crippen molar-refractivity contribution in [2.24, 2.45) is 5.92 Å². The van der Waals surface area contributed by atoms with Gasteiger partial charge in [-0.2, -0.15) is 0 Å². The minimum absolute atomic E-state index is 0.0771. The number of nitrogens with one attached hydrogen (secondary N) is 2. The van der Waals surface area contributed by atoms with E-state index in [2.05, 4.69) is 20.8 Å². The summed E-state index contributed by atoms with van der Waals surface area (Å²) >= 11 is 1.28. The maximum absolute atomic E-state index is 11.9. The lowest BCUT2D eigenvalue weighted by Gasteiger charge is -2.16. The molecule has 3 amide bonds. The molecular formula is C11H15N5O2S. The van der Waals surface area contributed by atoms with Crippen LogP contribution in [0.2, 0.25) is 0 Å². The number of rotatable bonds is 3. The topological polar surface area (TPSA) is 87.2 Å². The zero-order valence-corrected chi connectivity index (χ0v) is 11.2. The molecule has 1 atom stereocenters. The van der Waals surface area contributed by atoms with Crippen LogP contribution in [0.15, 0.2) is 5.51 Å². The van der Waals surface area contributed by atoms with Gasteiger partial charge in [-0.15, -0.1) is 10.2 Å². The van der Waals surface area contributed by atoms with E-state index >= 15 is 0 Å². The molecule has 2 aliphatic rings. The molecule has 2 N–H and O–H groups in total. The highest BCUT2D eigenvalue weighted by Gasteiger charge is 2.33. The molecule has 0 unspecified atom stereocenters. The molecule has 1 aromatic heterocycles. The zero-order valence-electron chi connectivity index (χ0n) is 10.3. The van der Waals surface area contributed by atoms with Crippen LogP contribution in [0.1, 0.15) is 19.3 Å². The fraction of sp³-hybridized carbons (Fsp3) is 0.636. The lowest BCUT2D eigenvalue weighted by atomic mass is 10.2. The summed E-state index contributed by atoms with van der Waals surface area (Å²) in [5, 5.41) is 13.6. The maximum Gasteiger partial charge on any atom is 0.323 e. The highest BCUT2D eigenvalue weighted by molar-refractivity contribution is 7.13. The van der Waals surface area contributed by atoms with Crippen molar-refractivity contribution in [3.8, 4) is 0 Å². The van der Waals surface area contributed by atoms with Gasteiger partial charge in [0.2, 0.25) is 11.0 Å².